The number of carbonyl (C=O) groups excluding carboxylic acids is 1. The standard InChI is InChI=1S/C23H38N6O2.HI/c1-3-25-22(28-17-23(9-6-10-23)11-14-31-2)27-15-18-7-4-12-26-21(18)29-13-5-8-19(16-29)20(24)30;/h4,7,12,19H,3,5-6,8-11,13-17H2,1-2H3,(H2,24,30)(H2,25,27,28);1H. The second kappa shape index (κ2) is 13.2. The van der Waals surface area contributed by atoms with E-state index in [2.05, 4.69) is 33.5 Å². The number of anilines is 1. The molecular weight excluding hydrogens is 519 g/mol. The van der Waals surface area contributed by atoms with Gasteiger partial charge in [-0.15, -0.1) is 24.0 Å². The van der Waals surface area contributed by atoms with Gasteiger partial charge in [0, 0.05) is 51.7 Å². The van der Waals surface area contributed by atoms with Crippen molar-refractivity contribution in [2.75, 3.05) is 44.8 Å². The molecule has 1 aliphatic heterocycles. The van der Waals surface area contributed by atoms with Crippen molar-refractivity contribution in [1.29, 1.82) is 0 Å². The van der Waals surface area contributed by atoms with Crippen LogP contribution in [0.3, 0.4) is 0 Å². The molecule has 1 aromatic rings. The van der Waals surface area contributed by atoms with Crippen molar-refractivity contribution in [3.63, 3.8) is 0 Å². The lowest BCUT2D eigenvalue weighted by Gasteiger charge is -2.42. The number of guanidine groups is 1. The number of amides is 1. The number of hydrogen-bond donors (Lipinski definition) is 3. The van der Waals surface area contributed by atoms with Crippen LogP contribution < -0.4 is 21.3 Å². The Morgan fingerprint density at radius 3 is 2.84 bits per heavy atom. The number of aromatic nitrogens is 1. The summed E-state index contributed by atoms with van der Waals surface area (Å²) >= 11 is 0. The summed E-state index contributed by atoms with van der Waals surface area (Å²) in [7, 11) is 1.77. The van der Waals surface area contributed by atoms with Gasteiger partial charge in [0.1, 0.15) is 5.82 Å². The summed E-state index contributed by atoms with van der Waals surface area (Å²) in [6, 6.07) is 4.01. The van der Waals surface area contributed by atoms with Crippen LogP contribution in [0, 0.1) is 11.3 Å². The number of piperidine rings is 1. The Kier molecular flexibility index (Phi) is 11.0. The first-order valence-corrected chi connectivity index (χ1v) is 11.6. The number of ether oxygens (including phenoxy) is 1. The summed E-state index contributed by atoms with van der Waals surface area (Å²) in [5, 5.41) is 6.91. The molecule has 1 aliphatic carbocycles. The first kappa shape index (κ1) is 26.6. The molecule has 0 aromatic carbocycles. The predicted molar refractivity (Wildman–Crippen MR) is 139 cm³/mol. The average Bonchev–Trinajstić information content (AvgIpc) is 2.76. The van der Waals surface area contributed by atoms with Crippen LogP contribution in [0.2, 0.25) is 0 Å². The topological polar surface area (TPSA) is 105 Å². The number of hydrogen-bond acceptors (Lipinski definition) is 5. The van der Waals surface area contributed by atoms with Crippen molar-refractivity contribution in [3.05, 3.63) is 23.9 Å². The van der Waals surface area contributed by atoms with Crippen molar-refractivity contribution in [2.24, 2.45) is 22.1 Å². The van der Waals surface area contributed by atoms with E-state index >= 15 is 0 Å². The third-order valence-electron chi connectivity index (χ3n) is 6.62. The van der Waals surface area contributed by atoms with Gasteiger partial charge in [0.2, 0.25) is 5.91 Å². The van der Waals surface area contributed by atoms with Gasteiger partial charge in [-0.05, 0) is 50.5 Å². The van der Waals surface area contributed by atoms with E-state index in [0.29, 0.717) is 18.5 Å². The molecule has 3 rings (SSSR count). The highest BCUT2D eigenvalue weighted by Crippen LogP contribution is 2.43. The molecule has 0 spiro atoms. The van der Waals surface area contributed by atoms with Gasteiger partial charge >= 0.3 is 0 Å². The second-order valence-electron chi connectivity index (χ2n) is 8.82. The maximum atomic E-state index is 11.7. The summed E-state index contributed by atoms with van der Waals surface area (Å²) in [5.74, 6) is 1.40. The van der Waals surface area contributed by atoms with E-state index < -0.39 is 0 Å². The molecule has 0 bridgehead atoms. The zero-order chi connectivity index (χ0) is 22.1. The summed E-state index contributed by atoms with van der Waals surface area (Å²) in [6.45, 7) is 6.64. The first-order chi connectivity index (χ1) is 15.1. The zero-order valence-corrected chi connectivity index (χ0v) is 21.8. The Labute approximate surface area is 209 Å². The lowest BCUT2D eigenvalue weighted by Crippen LogP contribution is -2.47. The van der Waals surface area contributed by atoms with E-state index in [1.807, 2.05) is 6.07 Å². The van der Waals surface area contributed by atoms with Crippen molar-refractivity contribution in [3.8, 4) is 0 Å². The summed E-state index contributed by atoms with van der Waals surface area (Å²) < 4.78 is 5.31. The minimum absolute atomic E-state index is 0. The van der Waals surface area contributed by atoms with Gasteiger partial charge in [-0.25, -0.2) is 9.98 Å². The largest absolute Gasteiger partial charge is 0.385 e. The van der Waals surface area contributed by atoms with Gasteiger partial charge in [0.05, 0.1) is 12.5 Å². The number of nitrogens with zero attached hydrogens (tertiary/aromatic N) is 3. The summed E-state index contributed by atoms with van der Waals surface area (Å²) in [4.78, 5) is 23.3. The molecule has 1 atom stereocenters. The van der Waals surface area contributed by atoms with Crippen LogP contribution in [0.1, 0.15) is 51.0 Å². The molecule has 180 valence electrons. The Morgan fingerprint density at radius 1 is 1.38 bits per heavy atom. The molecule has 2 aliphatic rings. The van der Waals surface area contributed by atoms with Crippen molar-refractivity contribution in [1.82, 2.24) is 15.6 Å². The van der Waals surface area contributed by atoms with Gasteiger partial charge in [-0.3, -0.25) is 4.79 Å². The normalized spacial score (nSPS) is 20.1. The molecular formula is C23H39IN6O2. The van der Waals surface area contributed by atoms with Gasteiger partial charge in [0.25, 0.3) is 0 Å². The van der Waals surface area contributed by atoms with Crippen LogP contribution in [-0.2, 0) is 16.1 Å². The fraction of sp³-hybridized carbons (Fsp3) is 0.696. The Balaban J connectivity index is 0.00000363. The van der Waals surface area contributed by atoms with Crippen molar-refractivity contribution >= 4 is 41.7 Å². The molecule has 2 heterocycles. The first-order valence-electron chi connectivity index (χ1n) is 11.6. The molecule has 8 nitrogen and oxygen atoms in total. The lowest BCUT2D eigenvalue weighted by molar-refractivity contribution is -0.122. The highest BCUT2D eigenvalue weighted by atomic mass is 127. The minimum atomic E-state index is -0.225. The monoisotopic (exact) mass is 558 g/mol. The molecule has 1 unspecified atom stereocenters. The number of carbonyl (C=O) groups is 1. The Bertz CT molecular complexity index is 756. The van der Waals surface area contributed by atoms with E-state index in [9.17, 15) is 4.79 Å². The number of nitrogens with two attached hydrogens (primary N) is 1. The van der Waals surface area contributed by atoms with Crippen LogP contribution in [0.4, 0.5) is 5.82 Å². The molecule has 4 N–H and O–H groups in total. The van der Waals surface area contributed by atoms with Crippen molar-refractivity contribution in [2.45, 2.75) is 52.0 Å². The summed E-state index contributed by atoms with van der Waals surface area (Å²) in [6.07, 6.45) is 8.46. The third-order valence-corrected chi connectivity index (χ3v) is 6.62. The maximum absolute atomic E-state index is 11.7. The highest BCUT2D eigenvalue weighted by Gasteiger charge is 2.36. The number of aliphatic imine (C=N–C) groups is 1. The van der Waals surface area contributed by atoms with Crippen LogP contribution in [0.15, 0.2) is 23.3 Å². The number of rotatable bonds is 10. The Hall–Kier alpha value is -1.62. The third kappa shape index (κ3) is 7.19. The number of halogens is 1. The minimum Gasteiger partial charge on any atom is -0.385 e. The SMILES string of the molecule is CCNC(=NCc1cccnc1N1CCCC(C(N)=O)C1)NCC1(CCOC)CCC1.I. The molecule has 1 saturated heterocycles. The van der Waals surface area contributed by atoms with Crippen LogP contribution in [0.25, 0.3) is 0 Å². The van der Waals surface area contributed by atoms with Gasteiger partial charge in [-0.1, -0.05) is 12.5 Å². The highest BCUT2D eigenvalue weighted by molar-refractivity contribution is 14.0. The summed E-state index contributed by atoms with van der Waals surface area (Å²) in [5.41, 5.74) is 6.94. The lowest BCUT2D eigenvalue weighted by atomic mass is 9.67. The van der Waals surface area contributed by atoms with E-state index in [4.69, 9.17) is 15.5 Å². The number of pyridine rings is 1. The molecule has 1 amide bonds. The van der Waals surface area contributed by atoms with Gasteiger partial charge < -0.3 is 26.0 Å². The van der Waals surface area contributed by atoms with Crippen LogP contribution >= 0.6 is 24.0 Å². The molecule has 9 heteroatoms. The van der Waals surface area contributed by atoms with Crippen molar-refractivity contribution < 1.29 is 9.53 Å². The molecule has 32 heavy (non-hydrogen) atoms. The Morgan fingerprint density at radius 2 is 2.19 bits per heavy atom. The van der Waals surface area contributed by atoms with Gasteiger partial charge in [-0.2, -0.15) is 0 Å². The molecule has 0 radical (unpaired) electrons. The number of nitrogens with one attached hydrogen (secondary N) is 2. The van der Waals surface area contributed by atoms with E-state index in [1.165, 1.54) is 19.3 Å². The van der Waals surface area contributed by atoms with Crippen LogP contribution in [-0.4, -0.2) is 56.7 Å². The smallest absolute Gasteiger partial charge is 0.222 e. The zero-order valence-electron chi connectivity index (χ0n) is 19.4. The average molecular weight is 559 g/mol. The molecule has 1 aromatic heterocycles. The maximum Gasteiger partial charge on any atom is 0.222 e. The fourth-order valence-corrected chi connectivity index (χ4v) is 4.53. The quantitative estimate of drug-likeness (QED) is 0.232. The molecule has 2 fully saturated rings. The van der Waals surface area contributed by atoms with E-state index in [0.717, 1.165) is 62.8 Å². The van der Waals surface area contributed by atoms with E-state index in [1.54, 1.807) is 13.3 Å². The van der Waals surface area contributed by atoms with Crippen LogP contribution in [0.5, 0.6) is 0 Å². The predicted octanol–water partition coefficient (Wildman–Crippen LogP) is 2.66. The second-order valence-corrected chi connectivity index (χ2v) is 8.82. The number of methoxy groups -OCH3 is 1. The van der Waals surface area contributed by atoms with Gasteiger partial charge in [0.15, 0.2) is 5.96 Å². The molecule has 1 saturated carbocycles. The number of primary amides is 1. The van der Waals surface area contributed by atoms with E-state index in [-0.39, 0.29) is 35.8 Å². The fourth-order valence-electron chi connectivity index (χ4n) is 4.53.